The van der Waals surface area contributed by atoms with E-state index in [0.29, 0.717) is 17.5 Å². The molecular formula is C51H33N3O. The van der Waals surface area contributed by atoms with Gasteiger partial charge in [0.2, 0.25) is 0 Å². The minimum Gasteiger partial charge on any atom is -0.455 e. The van der Waals surface area contributed by atoms with E-state index < -0.39 is 0 Å². The molecule has 2 aromatic heterocycles. The van der Waals surface area contributed by atoms with Crippen LogP contribution in [0.2, 0.25) is 0 Å². The summed E-state index contributed by atoms with van der Waals surface area (Å²) in [6, 6.07) is 69.3. The molecule has 0 spiro atoms. The number of hydrogen-bond acceptors (Lipinski definition) is 4. The Morgan fingerprint density at radius 3 is 1.31 bits per heavy atom. The number of para-hydroxylation sites is 1. The van der Waals surface area contributed by atoms with Gasteiger partial charge in [-0.1, -0.05) is 170 Å². The lowest BCUT2D eigenvalue weighted by Crippen LogP contribution is -2.00. The van der Waals surface area contributed by atoms with Gasteiger partial charge in [-0.15, -0.1) is 0 Å². The smallest absolute Gasteiger partial charge is 0.164 e. The van der Waals surface area contributed by atoms with Gasteiger partial charge in [0, 0.05) is 33.0 Å². The van der Waals surface area contributed by atoms with Crippen LogP contribution in [0.4, 0.5) is 0 Å². The minimum absolute atomic E-state index is 0.618. The third kappa shape index (κ3) is 6.16. The Morgan fingerprint density at radius 1 is 0.291 bits per heavy atom. The SMILES string of the molecule is c1ccc(-c2cccc(-c3cccc(-c4ccc(-c5cccc(-c6nc(-c7ccccc7)nc(-c7ccccc7)n6)c5)c5c4oc4ccccc45)c3)c2)cc1. The molecule has 0 bridgehead atoms. The standard InChI is InChI=1S/C51H33N3O/c1-4-15-34(16-5-1)37-21-12-22-38(31-37)39-23-13-25-41(32-39)44-30-29-43(47-45-27-10-11-28-46(45)55-48(44)47)40-24-14-26-42(33-40)51-53-49(35-17-6-2-7-18-35)52-50(54-51)36-19-8-3-9-20-36/h1-33H. The molecule has 0 aliphatic heterocycles. The zero-order valence-corrected chi connectivity index (χ0v) is 29.8. The van der Waals surface area contributed by atoms with Crippen molar-refractivity contribution in [2.75, 3.05) is 0 Å². The molecule has 0 aliphatic rings. The Kier molecular flexibility index (Phi) is 8.12. The normalized spacial score (nSPS) is 11.3. The van der Waals surface area contributed by atoms with E-state index in [2.05, 4.69) is 127 Å². The highest BCUT2D eigenvalue weighted by Gasteiger charge is 2.19. The molecule has 8 aromatic carbocycles. The van der Waals surface area contributed by atoms with Gasteiger partial charge in [-0.2, -0.15) is 0 Å². The summed E-state index contributed by atoms with van der Waals surface area (Å²) in [5, 5.41) is 2.15. The molecule has 0 saturated carbocycles. The van der Waals surface area contributed by atoms with Gasteiger partial charge in [-0.05, 0) is 69.3 Å². The Hall–Kier alpha value is -7.43. The lowest BCUT2D eigenvalue weighted by atomic mass is 9.92. The van der Waals surface area contributed by atoms with Crippen molar-refractivity contribution in [3.05, 3.63) is 200 Å². The van der Waals surface area contributed by atoms with Gasteiger partial charge in [0.15, 0.2) is 17.5 Å². The maximum atomic E-state index is 6.73. The Bertz CT molecular complexity index is 2910. The first-order valence-electron chi connectivity index (χ1n) is 18.4. The number of fused-ring (bicyclic) bond motifs is 3. The van der Waals surface area contributed by atoms with E-state index in [1.165, 1.54) is 16.7 Å². The molecule has 0 atom stereocenters. The summed E-state index contributed by atoms with van der Waals surface area (Å²) in [5.41, 5.74) is 13.5. The molecular weight excluding hydrogens is 671 g/mol. The summed E-state index contributed by atoms with van der Waals surface area (Å²) in [6.45, 7) is 0. The van der Waals surface area contributed by atoms with Crippen LogP contribution in [0, 0.1) is 0 Å². The Morgan fingerprint density at radius 2 is 0.691 bits per heavy atom. The third-order valence-corrected chi connectivity index (χ3v) is 10.1. The van der Waals surface area contributed by atoms with Crippen molar-refractivity contribution < 1.29 is 4.42 Å². The number of furan rings is 1. The van der Waals surface area contributed by atoms with Crippen LogP contribution in [0.15, 0.2) is 205 Å². The minimum atomic E-state index is 0.618. The van der Waals surface area contributed by atoms with Crippen LogP contribution in [0.25, 0.3) is 101 Å². The lowest BCUT2D eigenvalue weighted by Gasteiger charge is -2.12. The number of nitrogens with zero attached hydrogens (tertiary/aromatic N) is 3. The van der Waals surface area contributed by atoms with Crippen molar-refractivity contribution in [2.24, 2.45) is 0 Å². The summed E-state index contributed by atoms with van der Waals surface area (Å²) in [6.07, 6.45) is 0. The summed E-state index contributed by atoms with van der Waals surface area (Å²) >= 11 is 0. The monoisotopic (exact) mass is 703 g/mol. The molecule has 258 valence electrons. The molecule has 4 nitrogen and oxygen atoms in total. The zero-order valence-electron chi connectivity index (χ0n) is 29.8. The molecule has 0 saturated heterocycles. The first-order chi connectivity index (χ1) is 27.2. The molecule has 10 rings (SSSR count). The lowest BCUT2D eigenvalue weighted by molar-refractivity contribution is 0.670. The predicted molar refractivity (Wildman–Crippen MR) is 225 cm³/mol. The average Bonchev–Trinajstić information content (AvgIpc) is 3.67. The molecule has 0 N–H and O–H groups in total. The molecule has 0 amide bonds. The number of rotatable bonds is 7. The largest absolute Gasteiger partial charge is 0.455 e. The number of aromatic nitrogens is 3. The van der Waals surface area contributed by atoms with Crippen molar-refractivity contribution in [1.29, 1.82) is 0 Å². The predicted octanol–water partition coefficient (Wildman–Crippen LogP) is 13.4. The second-order valence-electron chi connectivity index (χ2n) is 13.6. The van der Waals surface area contributed by atoms with Crippen LogP contribution in [0.1, 0.15) is 0 Å². The van der Waals surface area contributed by atoms with Crippen LogP contribution < -0.4 is 0 Å². The van der Waals surface area contributed by atoms with E-state index in [-0.39, 0.29) is 0 Å². The Labute approximate surface area is 319 Å². The third-order valence-electron chi connectivity index (χ3n) is 10.1. The molecule has 2 heterocycles. The van der Waals surface area contributed by atoms with Crippen molar-refractivity contribution in [3.63, 3.8) is 0 Å². The molecule has 55 heavy (non-hydrogen) atoms. The topological polar surface area (TPSA) is 51.8 Å². The van der Waals surface area contributed by atoms with E-state index in [1.54, 1.807) is 0 Å². The van der Waals surface area contributed by atoms with Crippen LogP contribution in [0.3, 0.4) is 0 Å². The van der Waals surface area contributed by atoms with Gasteiger partial charge in [-0.25, -0.2) is 15.0 Å². The van der Waals surface area contributed by atoms with Crippen molar-refractivity contribution in [2.45, 2.75) is 0 Å². The first-order valence-corrected chi connectivity index (χ1v) is 18.4. The van der Waals surface area contributed by atoms with Crippen molar-refractivity contribution in [1.82, 2.24) is 15.0 Å². The van der Waals surface area contributed by atoms with Gasteiger partial charge >= 0.3 is 0 Å². The highest BCUT2D eigenvalue weighted by molar-refractivity contribution is 6.16. The summed E-state index contributed by atoms with van der Waals surface area (Å²) in [5.74, 6) is 1.89. The Balaban J connectivity index is 1.09. The molecule has 0 fully saturated rings. The van der Waals surface area contributed by atoms with E-state index in [0.717, 1.165) is 66.4 Å². The maximum absolute atomic E-state index is 6.73. The van der Waals surface area contributed by atoms with Crippen molar-refractivity contribution >= 4 is 21.9 Å². The van der Waals surface area contributed by atoms with Crippen LogP contribution in [-0.2, 0) is 0 Å². The van der Waals surface area contributed by atoms with E-state index >= 15 is 0 Å². The fraction of sp³-hybridized carbons (Fsp3) is 0. The highest BCUT2D eigenvalue weighted by atomic mass is 16.3. The molecule has 4 heteroatoms. The number of hydrogen-bond donors (Lipinski definition) is 0. The van der Waals surface area contributed by atoms with Gasteiger partial charge in [-0.3, -0.25) is 0 Å². The fourth-order valence-corrected chi connectivity index (χ4v) is 7.43. The van der Waals surface area contributed by atoms with Gasteiger partial charge in [0.05, 0.1) is 0 Å². The summed E-state index contributed by atoms with van der Waals surface area (Å²) in [7, 11) is 0. The summed E-state index contributed by atoms with van der Waals surface area (Å²) in [4.78, 5) is 14.9. The van der Waals surface area contributed by atoms with Gasteiger partial charge in [0.25, 0.3) is 0 Å². The van der Waals surface area contributed by atoms with Crippen LogP contribution in [0.5, 0.6) is 0 Å². The van der Waals surface area contributed by atoms with Crippen LogP contribution >= 0.6 is 0 Å². The molecule has 0 unspecified atom stereocenters. The molecule has 10 aromatic rings. The van der Waals surface area contributed by atoms with E-state index in [4.69, 9.17) is 19.4 Å². The summed E-state index contributed by atoms with van der Waals surface area (Å²) < 4.78 is 6.73. The fourth-order valence-electron chi connectivity index (χ4n) is 7.43. The van der Waals surface area contributed by atoms with E-state index in [9.17, 15) is 0 Å². The van der Waals surface area contributed by atoms with E-state index in [1.807, 2.05) is 72.8 Å². The second-order valence-corrected chi connectivity index (χ2v) is 13.6. The first kappa shape index (κ1) is 32.2. The van der Waals surface area contributed by atoms with Gasteiger partial charge < -0.3 is 4.42 Å². The van der Waals surface area contributed by atoms with Crippen LogP contribution in [-0.4, -0.2) is 15.0 Å². The van der Waals surface area contributed by atoms with Crippen molar-refractivity contribution in [3.8, 4) is 78.7 Å². The van der Waals surface area contributed by atoms with Gasteiger partial charge in [0.1, 0.15) is 11.2 Å². The quantitative estimate of drug-likeness (QED) is 0.166. The molecule has 0 radical (unpaired) electrons. The molecule has 0 aliphatic carbocycles. The maximum Gasteiger partial charge on any atom is 0.164 e. The highest BCUT2D eigenvalue weighted by Crippen LogP contribution is 2.43. The zero-order chi connectivity index (χ0) is 36.6. The average molecular weight is 704 g/mol. The second kappa shape index (κ2) is 13.8. The number of benzene rings is 8.